The first-order chi connectivity index (χ1) is 9.88. The van der Waals surface area contributed by atoms with Gasteiger partial charge in [0.05, 0.1) is 0 Å². The Hall–Kier alpha value is -2.15. The van der Waals surface area contributed by atoms with Crippen molar-refractivity contribution in [3.8, 4) is 0 Å². The van der Waals surface area contributed by atoms with E-state index >= 15 is 0 Å². The number of amides is 1. The van der Waals surface area contributed by atoms with Crippen LogP contribution in [0, 0.1) is 5.82 Å². The summed E-state index contributed by atoms with van der Waals surface area (Å²) >= 11 is 1.24. The number of rotatable bonds is 4. The van der Waals surface area contributed by atoms with Gasteiger partial charge in [0, 0.05) is 27.7 Å². The molecule has 112 valence electrons. The maximum absolute atomic E-state index is 13.2. The quantitative estimate of drug-likeness (QED) is 0.940. The van der Waals surface area contributed by atoms with Crippen LogP contribution in [0.15, 0.2) is 24.3 Å². The average Bonchev–Trinajstić information content (AvgIpc) is 2.80. The average molecular weight is 308 g/mol. The number of carbonyl (C=O) groups is 1. The Morgan fingerprint density at radius 3 is 2.67 bits per heavy atom. The van der Waals surface area contributed by atoms with E-state index in [-0.39, 0.29) is 17.5 Å². The first-order valence-corrected chi connectivity index (χ1v) is 7.13. The van der Waals surface area contributed by atoms with E-state index in [4.69, 9.17) is 5.73 Å². The van der Waals surface area contributed by atoms with E-state index in [2.05, 4.69) is 4.98 Å². The third-order valence-electron chi connectivity index (χ3n) is 2.87. The number of nitrogen functional groups attached to an aromatic ring is 1. The molecular formula is C14H17FN4OS. The molecule has 2 rings (SSSR count). The molecule has 5 nitrogen and oxygen atoms in total. The zero-order valence-electron chi connectivity index (χ0n) is 12.1. The van der Waals surface area contributed by atoms with Crippen molar-refractivity contribution < 1.29 is 9.18 Å². The van der Waals surface area contributed by atoms with Crippen LogP contribution in [0.1, 0.15) is 15.2 Å². The van der Waals surface area contributed by atoms with Crippen LogP contribution in [-0.2, 0) is 6.54 Å². The zero-order valence-corrected chi connectivity index (χ0v) is 12.9. The highest BCUT2D eigenvalue weighted by atomic mass is 32.1. The lowest BCUT2D eigenvalue weighted by molar-refractivity contribution is 0.0790. The molecular weight excluding hydrogens is 291 g/mol. The fourth-order valence-corrected chi connectivity index (χ4v) is 2.72. The first-order valence-electron chi connectivity index (χ1n) is 6.32. The number of halogens is 1. The summed E-state index contributed by atoms with van der Waals surface area (Å²) in [6.07, 6.45) is 0. The molecule has 0 bridgehead atoms. The molecule has 1 heterocycles. The summed E-state index contributed by atoms with van der Waals surface area (Å²) in [4.78, 5) is 20.2. The second kappa shape index (κ2) is 6.09. The second-order valence-corrected chi connectivity index (χ2v) is 5.87. The van der Waals surface area contributed by atoms with E-state index in [0.29, 0.717) is 16.6 Å². The Labute approximate surface area is 126 Å². The number of aromatic nitrogens is 1. The number of thiazole rings is 1. The number of nitrogens with two attached hydrogens (primary N) is 1. The minimum absolute atomic E-state index is 0.220. The maximum atomic E-state index is 13.2. The molecule has 0 aliphatic carbocycles. The van der Waals surface area contributed by atoms with Crippen molar-refractivity contribution in [2.45, 2.75) is 6.54 Å². The summed E-state index contributed by atoms with van der Waals surface area (Å²) in [5.74, 6) is -0.317. The van der Waals surface area contributed by atoms with Crippen molar-refractivity contribution in [1.29, 1.82) is 0 Å². The molecule has 2 N–H and O–H groups in total. The van der Waals surface area contributed by atoms with E-state index in [0.717, 1.165) is 5.56 Å². The van der Waals surface area contributed by atoms with Gasteiger partial charge in [-0.3, -0.25) is 4.79 Å². The van der Waals surface area contributed by atoms with Crippen LogP contribution < -0.4 is 10.6 Å². The predicted octanol–water partition coefficient (Wildman–Crippen LogP) is 2.20. The van der Waals surface area contributed by atoms with Crippen LogP contribution in [0.3, 0.4) is 0 Å². The molecule has 0 saturated heterocycles. The lowest BCUT2D eigenvalue weighted by Crippen LogP contribution is -2.26. The summed E-state index contributed by atoms with van der Waals surface area (Å²) in [6.45, 7) is 0.311. The van der Waals surface area contributed by atoms with Crippen LogP contribution in [0.25, 0.3) is 0 Å². The molecule has 7 heteroatoms. The van der Waals surface area contributed by atoms with Gasteiger partial charge >= 0.3 is 0 Å². The highest BCUT2D eigenvalue weighted by molar-refractivity contribution is 7.18. The molecule has 0 saturated carbocycles. The van der Waals surface area contributed by atoms with Crippen LogP contribution >= 0.6 is 11.3 Å². The minimum atomic E-state index is -0.319. The molecule has 1 aromatic carbocycles. The molecule has 1 aromatic heterocycles. The molecule has 0 aliphatic heterocycles. The molecule has 0 unspecified atom stereocenters. The molecule has 0 atom stereocenters. The van der Waals surface area contributed by atoms with Gasteiger partial charge in [-0.2, -0.15) is 0 Å². The Balaban J connectivity index is 2.16. The van der Waals surface area contributed by atoms with Gasteiger partial charge in [0.2, 0.25) is 0 Å². The highest BCUT2D eigenvalue weighted by Crippen LogP contribution is 2.28. The number of anilines is 2. The van der Waals surface area contributed by atoms with Crippen molar-refractivity contribution in [2.75, 3.05) is 31.8 Å². The molecule has 0 aliphatic rings. The first kappa shape index (κ1) is 15.2. The number of hydrogen-bond donors (Lipinski definition) is 1. The van der Waals surface area contributed by atoms with Gasteiger partial charge in [-0.25, -0.2) is 9.37 Å². The third kappa shape index (κ3) is 3.49. The van der Waals surface area contributed by atoms with Gasteiger partial charge in [-0.1, -0.05) is 23.5 Å². The summed E-state index contributed by atoms with van der Waals surface area (Å²) in [5, 5.41) is 0.676. The van der Waals surface area contributed by atoms with Crippen molar-refractivity contribution in [1.82, 2.24) is 9.88 Å². The number of carbonyl (C=O) groups excluding carboxylic acids is 1. The normalized spacial score (nSPS) is 10.5. The molecule has 1 amide bonds. The Morgan fingerprint density at radius 1 is 1.38 bits per heavy atom. The van der Waals surface area contributed by atoms with E-state index in [1.807, 2.05) is 14.1 Å². The molecule has 0 spiro atoms. The van der Waals surface area contributed by atoms with E-state index in [1.54, 1.807) is 24.1 Å². The lowest BCUT2D eigenvalue weighted by atomic mass is 10.2. The second-order valence-electron chi connectivity index (χ2n) is 4.90. The molecule has 0 fully saturated rings. The van der Waals surface area contributed by atoms with Crippen molar-refractivity contribution in [3.05, 3.63) is 40.5 Å². The van der Waals surface area contributed by atoms with Gasteiger partial charge in [0.15, 0.2) is 5.13 Å². The lowest BCUT2D eigenvalue weighted by Gasteiger charge is -2.16. The zero-order chi connectivity index (χ0) is 15.6. The Morgan fingerprint density at radius 2 is 2.10 bits per heavy atom. The minimum Gasteiger partial charge on any atom is -0.382 e. The molecule has 2 aromatic rings. The van der Waals surface area contributed by atoms with Gasteiger partial charge < -0.3 is 15.5 Å². The van der Waals surface area contributed by atoms with Crippen LogP contribution in [0.5, 0.6) is 0 Å². The molecule has 21 heavy (non-hydrogen) atoms. The van der Waals surface area contributed by atoms with E-state index in [1.165, 1.54) is 28.4 Å². The van der Waals surface area contributed by atoms with Crippen molar-refractivity contribution in [2.24, 2.45) is 0 Å². The Bertz CT molecular complexity index is 656. The Kier molecular flexibility index (Phi) is 4.42. The number of hydrogen-bond acceptors (Lipinski definition) is 5. The number of benzene rings is 1. The van der Waals surface area contributed by atoms with Crippen molar-refractivity contribution in [3.63, 3.8) is 0 Å². The summed E-state index contributed by atoms with van der Waals surface area (Å²) in [7, 11) is 5.33. The largest absolute Gasteiger partial charge is 0.382 e. The standard InChI is InChI=1S/C14H17FN4OS/c1-18(2)14-17-12(16)11(21-14)13(20)19(3)8-9-5-4-6-10(15)7-9/h4-7H,8,16H2,1-3H3. The highest BCUT2D eigenvalue weighted by Gasteiger charge is 2.20. The van der Waals surface area contributed by atoms with Crippen LogP contribution in [0.4, 0.5) is 15.3 Å². The van der Waals surface area contributed by atoms with Gasteiger partial charge in [0.1, 0.15) is 16.5 Å². The smallest absolute Gasteiger partial charge is 0.267 e. The summed E-state index contributed by atoms with van der Waals surface area (Å²) in [6, 6.07) is 6.17. The summed E-state index contributed by atoms with van der Waals surface area (Å²) in [5.41, 5.74) is 6.52. The van der Waals surface area contributed by atoms with Crippen LogP contribution in [0.2, 0.25) is 0 Å². The van der Waals surface area contributed by atoms with Crippen LogP contribution in [-0.4, -0.2) is 36.9 Å². The number of nitrogens with zero attached hydrogens (tertiary/aromatic N) is 3. The van der Waals surface area contributed by atoms with Gasteiger partial charge in [0.25, 0.3) is 5.91 Å². The fourth-order valence-electron chi connectivity index (χ4n) is 1.82. The topological polar surface area (TPSA) is 62.5 Å². The predicted molar refractivity (Wildman–Crippen MR) is 83.1 cm³/mol. The SMILES string of the molecule is CN(Cc1cccc(F)c1)C(=O)c1sc(N(C)C)nc1N. The third-order valence-corrected chi connectivity index (χ3v) is 4.10. The van der Waals surface area contributed by atoms with E-state index < -0.39 is 0 Å². The van der Waals surface area contributed by atoms with E-state index in [9.17, 15) is 9.18 Å². The maximum Gasteiger partial charge on any atom is 0.267 e. The summed E-state index contributed by atoms with van der Waals surface area (Å²) < 4.78 is 13.2. The van der Waals surface area contributed by atoms with Crippen molar-refractivity contribution >= 4 is 28.2 Å². The van der Waals surface area contributed by atoms with Gasteiger partial charge in [-0.15, -0.1) is 0 Å². The van der Waals surface area contributed by atoms with Gasteiger partial charge in [-0.05, 0) is 17.7 Å². The fraction of sp³-hybridized carbons (Fsp3) is 0.286. The molecule has 0 radical (unpaired) electrons. The monoisotopic (exact) mass is 308 g/mol.